The molecule has 0 aliphatic carbocycles. The Hall–Kier alpha value is -1.13. The number of hydrogen-bond donors (Lipinski definition) is 1. The Morgan fingerprint density at radius 1 is 1.47 bits per heavy atom. The minimum absolute atomic E-state index is 0.393. The molecule has 4 heteroatoms. The van der Waals surface area contributed by atoms with Crippen LogP contribution in [0.4, 0.5) is 0 Å². The number of nitrogens with zero attached hydrogens (tertiary/aromatic N) is 2. The van der Waals surface area contributed by atoms with Crippen LogP contribution in [0, 0.1) is 0 Å². The lowest BCUT2D eigenvalue weighted by molar-refractivity contribution is 0.460. The van der Waals surface area contributed by atoms with Crippen LogP contribution in [-0.4, -0.2) is 16.1 Å². The van der Waals surface area contributed by atoms with E-state index < -0.39 is 0 Å². The minimum atomic E-state index is 0.393. The van der Waals surface area contributed by atoms with Gasteiger partial charge in [0.25, 0.3) is 0 Å². The standard InChI is InChI=1S/C15H18BrN3/c1-19-10-18-15-13(17-8-7-14(15)19)6-5-11-3-2-4-12(16)9-11/h2-4,9-10,13,17H,5-8H2,1H3. The Morgan fingerprint density at radius 3 is 3.21 bits per heavy atom. The number of halogens is 1. The maximum Gasteiger partial charge on any atom is 0.0949 e. The van der Waals surface area contributed by atoms with Crippen LogP contribution in [0.15, 0.2) is 35.1 Å². The Labute approximate surface area is 122 Å². The van der Waals surface area contributed by atoms with Gasteiger partial charge in [-0.2, -0.15) is 0 Å². The SMILES string of the molecule is Cn1cnc2c1CCNC2CCc1cccc(Br)c1. The van der Waals surface area contributed by atoms with Crippen molar-refractivity contribution in [2.75, 3.05) is 6.54 Å². The molecule has 3 rings (SSSR count). The molecule has 0 amide bonds. The van der Waals surface area contributed by atoms with E-state index >= 15 is 0 Å². The summed E-state index contributed by atoms with van der Waals surface area (Å²) >= 11 is 3.53. The highest BCUT2D eigenvalue weighted by molar-refractivity contribution is 9.10. The van der Waals surface area contributed by atoms with E-state index in [0.29, 0.717) is 6.04 Å². The fraction of sp³-hybridized carbons (Fsp3) is 0.400. The second-order valence-corrected chi connectivity index (χ2v) is 6.03. The molecule has 1 aliphatic heterocycles. The molecule has 1 aromatic carbocycles. The maximum atomic E-state index is 4.56. The van der Waals surface area contributed by atoms with Crippen LogP contribution in [0.2, 0.25) is 0 Å². The molecule has 1 aliphatic rings. The van der Waals surface area contributed by atoms with Crippen LogP contribution in [0.25, 0.3) is 0 Å². The first kappa shape index (κ1) is 12.9. The molecule has 100 valence electrons. The van der Waals surface area contributed by atoms with Gasteiger partial charge in [0.05, 0.1) is 18.1 Å². The van der Waals surface area contributed by atoms with Crippen LogP contribution in [0.1, 0.15) is 29.4 Å². The molecule has 0 saturated carbocycles. The summed E-state index contributed by atoms with van der Waals surface area (Å²) in [7, 11) is 2.09. The summed E-state index contributed by atoms with van der Waals surface area (Å²) in [6.07, 6.45) is 5.19. The van der Waals surface area contributed by atoms with Crippen molar-refractivity contribution in [3.63, 3.8) is 0 Å². The summed E-state index contributed by atoms with van der Waals surface area (Å²) in [6.45, 7) is 1.05. The first-order valence-electron chi connectivity index (χ1n) is 6.72. The van der Waals surface area contributed by atoms with E-state index in [-0.39, 0.29) is 0 Å². The first-order chi connectivity index (χ1) is 9.24. The highest BCUT2D eigenvalue weighted by Gasteiger charge is 2.23. The van der Waals surface area contributed by atoms with Crippen LogP contribution < -0.4 is 5.32 Å². The average Bonchev–Trinajstić information content (AvgIpc) is 2.79. The van der Waals surface area contributed by atoms with Crippen molar-refractivity contribution in [3.8, 4) is 0 Å². The highest BCUT2D eigenvalue weighted by Crippen LogP contribution is 2.25. The van der Waals surface area contributed by atoms with E-state index in [9.17, 15) is 0 Å². The number of imidazole rings is 1. The molecular weight excluding hydrogens is 302 g/mol. The molecule has 1 atom stereocenters. The molecule has 1 N–H and O–H groups in total. The third-order valence-electron chi connectivity index (χ3n) is 3.78. The topological polar surface area (TPSA) is 29.9 Å². The Morgan fingerprint density at radius 2 is 2.37 bits per heavy atom. The largest absolute Gasteiger partial charge is 0.337 e. The number of benzene rings is 1. The third kappa shape index (κ3) is 2.74. The van der Waals surface area contributed by atoms with Gasteiger partial charge in [-0.1, -0.05) is 28.1 Å². The molecular formula is C15H18BrN3. The summed E-state index contributed by atoms with van der Waals surface area (Å²) in [5.74, 6) is 0. The van der Waals surface area contributed by atoms with Crippen molar-refractivity contribution in [1.82, 2.24) is 14.9 Å². The summed E-state index contributed by atoms with van der Waals surface area (Å²) in [5, 5.41) is 3.59. The minimum Gasteiger partial charge on any atom is -0.337 e. The molecule has 0 saturated heterocycles. The van der Waals surface area contributed by atoms with Gasteiger partial charge in [-0.3, -0.25) is 0 Å². The van der Waals surface area contributed by atoms with Crippen molar-refractivity contribution in [2.24, 2.45) is 7.05 Å². The van der Waals surface area contributed by atoms with Gasteiger partial charge >= 0.3 is 0 Å². The summed E-state index contributed by atoms with van der Waals surface area (Å²) < 4.78 is 3.31. The molecule has 0 spiro atoms. The lowest BCUT2D eigenvalue weighted by Gasteiger charge is -2.23. The van der Waals surface area contributed by atoms with Crippen molar-refractivity contribution in [1.29, 1.82) is 0 Å². The predicted octanol–water partition coefficient (Wildman–Crippen LogP) is 3.00. The molecule has 1 aromatic heterocycles. The first-order valence-corrected chi connectivity index (χ1v) is 7.51. The van der Waals surface area contributed by atoms with Crippen molar-refractivity contribution in [2.45, 2.75) is 25.3 Å². The smallest absolute Gasteiger partial charge is 0.0949 e. The van der Waals surface area contributed by atoms with Crippen molar-refractivity contribution in [3.05, 3.63) is 52.0 Å². The second-order valence-electron chi connectivity index (χ2n) is 5.11. The van der Waals surface area contributed by atoms with Gasteiger partial charge in [-0.05, 0) is 30.5 Å². The maximum absolute atomic E-state index is 4.56. The summed E-state index contributed by atoms with van der Waals surface area (Å²) in [4.78, 5) is 4.56. The molecule has 2 heterocycles. The van der Waals surface area contributed by atoms with Crippen LogP contribution in [0.3, 0.4) is 0 Å². The van der Waals surface area contributed by atoms with Crippen LogP contribution in [0.5, 0.6) is 0 Å². The quantitative estimate of drug-likeness (QED) is 0.942. The Balaban J connectivity index is 1.71. The van der Waals surface area contributed by atoms with Gasteiger partial charge in [-0.25, -0.2) is 4.98 Å². The van der Waals surface area contributed by atoms with Gasteiger partial charge in [0.2, 0.25) is 0 Å². The molecule has 0 fully saturated rings. The van der Waals surface area contributed by atoms with Gasteiger partial charge < -0.3 is 9.88 Å². The summed E-state index contributed by atoms with van der Waals surface area (Å²) in [5.41, 5.74) is 4.00. The van der Waals surface area contributed by atoms with E-state index in [1.807, 2.05) is 6.33 Å². The molecule has 19 heavy (non-hydrogen) atoms. The Kier molecular flexibility index (Phi) is 3.71. The van der Waals surface area contributed by atoms with Gasteiger partial charge in [0.1, 0.15) is 0 Å². The summed E-state index contributed by atoms with van der Waals surface area (Å²) in [6, 6.07) is 8.94. The zero-order valence-electron chi connectivity index (χ0n) is 11.1. The third-order valence-corrected chi connectivity index (χ3v) is 4.28. The van der Waals surface area contributed by atoms with Crippen molar-refractivity contribution < 1.29 is 0 Å². The number of nitrogens with one attached hydrogen (secondary N) is 1. The lowest BCUT2D eigenvalue weighted by Crippen LogP contribution is -2.31. The number of rotatable bonds is 3. The fourth-order valence-corrected chi connectivity index (χ4v) is 3.22. The normalized spacial score (nSPS) is 18.3. The highest BCUT2D eigenvalue weighted by atomic mass is 79.9. The number of aromatic nitrogens is 2. The lowest BCUT2D eigenvalue weighted by atomic mass is 9.98. The number of aryl methyl sites for hydroxylation is 2. The Bertz CT molecular complexity index is 577. The monoisotopic (exact) mass is 319 g/mol. The van der Waals surface area contributed by atoms with Crippen LogP contribution in [-0.2, 0) is 19.9 Å². The molecule has 0 bridgehead atoms. The molecule has 3 nitrogen and oxygen atoms in total. The zero-order valence-corrected chi connectivity index (χ0v) is 12.7. The van der Waals surface area contributed by atoms with E-state index in [1.165, 1.54) is 17.0 Å². The number of fused-ring (bicyclic) bond motifs is 1. The van der Waals surface area contributed by atoms with Gasteiger partial charge in [0, 0.05) is 30.2 Å². The van der Waals surface area contributed by atoms with Gasteiger partial charge in [0.15, 0.2) is 0 Å². The van der Waals surface area contributed by atoms with Crippen LogP contribution >= 0.6 is 15.9 Å². The van der Waals surface area contributed by atoms with Crippen molar-refractivity contribution >= 4 is 15.9 Å². The van der Waals surface area contributed by atoms with E-state index in [4.69, 9.17) is 0 Å². The zero-order chi connectivity index (χ0) is 13.2. The fourth-order valence-electron chi connectivity index (χ4n) is 2.77. The van der Waals surface area contributed by atoms with E-state index in [2.05, 4.69) is 62.1 Å². The number of hydrogen-bond acceptors (Lipinski definition) is 2. The van der Waals surface area contributed by atoms with E-state index in [1.54, 1.807) is 0 Å². The predicted molar refractivity (Wildman–Crippen MR) is 80.1 cm³/mol. The second kappa shape index (κ2) is 5.47. The molecule has 2 aromatic rings. The molecule has 1 unspecified atom stereocenters. The molecule has 0 radical (unpaired) electrons. The van der Waals surface area contributed by atoms with E-state index in [0.717, 1.165) is 30.3 Å². The van der Waals surface area contributed by atoms with Gasteiger partial charge in [-0.15, -0.1) is 0 Å². The average molecular weight is 320 g/mol.